The van der Waals surface area contributed by atoms with Gasteiger partial charge in [-0.15, -0.1) is 0 Å². The average molecular weight is 257 g/mol. The first kappa shape index (κ1) is 12.1. The molecule has 0 aromatic rings. The number of rotatable bonds is 1. The monoisotopic (exact) mass is 257 g/mol. The summed E-state index contributed by atoms with van der Waals surface area (Å²) in [6.07, 6.45) is 6.50. The highest BCUT2D eigenvalue weighted by atomic mass is 28.4. The summed E-state index contributed by atoms with van der Waals surface area (Å²) >= 11 is 0. The van der Waals surface area contributed by atoms with E-state index < -0.39 is 8.80 Å². The van der Waals surface area contributed by atoms with E-state index in [1.54, 1.807) is 0 Å². The molecular weight excluding hydrogens is 234 g/mol. The van der Waals surface area contributed by atoms with Crippen LogP contribution in [0.4, 0.5) is 0 Å². The molecular formula is C12H23NO3Si. The maximum absolute atomic E-state index is 6.13. The van der Waals surface area contributed by atoms with Gasteiger partial charge in [0.1, 0.15) is 0 Å². The number of hydrogen-bond donors (Lipinski definition) is 0. The van der Waals surface area contributed by atoms with Gasteiger partial charge in [-0.2, -0.15) is 0 Å². The minimum atomic E-state index is -2.35. The SMILES string of the molecule is C1CCC([Si]23OCCN(CCO2)CCO3)CC1. The van der Waals surface area contributed by atoms with E-state index in [0.29, 0.717) is 5.54 Å². The molecule has 5 heteroatoms. The Labute approximate surface area is 105 Å². The lowest BCUT2D eigenvalue weighted by molar-refractivity contribution is -0.0173. The predicted octanol–water partition coefficient (Wildman–Crippen LogP) is 1.64. The first-order chi connectivity index (χ1) is 8.39. The predicted molar refractivity (Wildman–Crippen MR) is 66.9 cm³/mol. The molecule has 1 saturated carbocycles. The molecule has 4 rings (SSSR count). The quantitative estimate of drug-likeness (QED) is 0.668. The molecule has 4 fully saturated rings. The van der Waals surface area contributed by atoms with Gasteiger partial charge in [0.15, 0.2) is 0 Å². The second-order valence-corrected chi connectivity index (χ2v) is 8.22. The Hall–Kier alpha value is 0.0569. The maximum atomic E-state index is 6.13. The first-order valence-corrected chi connectivity index (χ1v) is 8.83. The van der Waals surface area contributed by atoms with E-state index in [0.717, 1.165) is 39.5 Å². The lowest BCUT2D eigenvalue weighted by Crippen LogP contribution is -2.57. The topological polar surface area (TPSA) is 30.9 Å². The van der Waals surface area contributed by atoms with E-state index in [4.69, 9.17) is 13.3 Å². The van der Waals surface area contributed by atoms with E-state index in [-0.39, 0.29) is 0 Å². The van der Waals surface area contributed by atoms with Crippen molar-refractivity contribution in [1.29, 1.82) is 0 Å². The normalized spacial score (nSPS) is 40.6. The van der Waals surface area contributed by atoms with Crippen LogP contribution in [0.3, 0.4) is 0 Å². The molecule has 98 valence electrons. The summed E-state index contributed by atoms with van der Waals surface area (Å²) in [7, 11) is -2.35. The first-order valence-electron chi connectivity index (χ1n) is 7.03. The van der Waals surface area contributed by atoms with Crippen LogP contribution in [-0.4, -0.2) is 53.2 Å². The molecule has 2 bridgehead atoms. The van der Waals surface area contributed by atoms with Crippen LogP contribution in [0.2, 0.25) is 5.54 Å². The molecule has 0 radical (unpaired) electrons. The zero-order chi connectivity index (χ0) is 11.6. The van der Waals surface area contributed by atoms with Gasteiger partial charge in [0.2, 0.25) is 0 Å². The third kappa shape index (κ3) is 2.58. The van der Waals surface area contributed by atoms with Crippen molar-refractivity contribution in [3.63, 3.8) is 0 Å². The van der Waals surface area contributed by atoms with Gasteiger partial charge in [0, 0.05) is 25.2 Å². The summed E-state index contributed by atoms with van der Waals surface area (Å²) in [4.78, 5) is 2.37. The Kier molecular flexibility index (Phi) is 3.82. The summed E-state index contributed by atoms with van der Waals surface area (Å²) in [5.74, 6) is 0. The maximum Gasteiger partial charge on any atom is 0.504 e. The fourth-order valence-corrected chi connectivity index (χ4v) is 6.42. The van der Waals surface area contributed by atoms with E-state index >= 15 is 0 Å². The molecule has 3 saturated heterocycles. The summed E-state index contributed by atoms with van der Waals surface area (Å²) in [5.41, 5.74) is 0.570. The van der Waals surface area contributed by atoms with Crippen LogP contribution in [0.15, 0.2) is 0 Å². The van der Waals surface area contributed by atoms with Crippen LogP contribution >= 0.6 is 0 Å². The molecule has 0 aromatic carbocycles. The Balaban J connectivity index is 1.75. The van der Waals surface area contributed by atoms with Crippen LogP contribution in [0.25, 0.3) is 0 Å². The van der Waals surface area contributed by atoms with Crippen molar-refractivity contribution in [3.05, 3.63) is 0 Å². The van der Waals surface area contributed by atoms with E-state index in [9.17, 15) is 0 Å². The molecule has 1 aliphatic carbocycles. The Bertz CT molecular complexity index is 232. The highest BCUT2D eigenvalue weighted by Crippen LogP contribution is 2.39. The van der Waals surface area contributed by atoms with E-state index in [1.807, 2.05) is 0 Å². The third-order valence-electron chi connectivity index (χ3n) is 4.24. The van der Waals surface area contributed by atoms with Crippen molar-refractivity contribution < 1.29 is 13.3 Å². The highest BCUT2D eigenvalue weighted by Gasteiger charge is 2.51. The fraction of sp³-hybridized carbons (Fsp3) is 1.00. The van der Waals surface area contributed by atoms with Crippen molar-refractivity contribution in [2.24, 2.45) is 0 Å². The van der Waals surface area contributed by atoms with Crippen molar-refractivity contribution in [3.8, 4) is 0 Å². The van der Waals surface area contributed by atoms with Crippen LogP contribution < -0.4 is 0 Å². The Morgan fingerprint density at radius 2 is 1.29 bits per heavy atom. The number of fused-ring (bicyclic) bond motifs is 6. The Morgan fingerprint density at radius 1 is 0.765 bits per heavy atom. The van der Waals surface area contributed by atoms with Crippen molar-refractivity contribution in [2.45, 2.75) is 37.6 Å². The molecule has 0 amide bonds. The molecule has 0 unspecified atom stereocenters. The van der Waals surface area contributed by atoms with Crippen molar-refractivity contribution in [2.75, 3.05) is 39.5 Å². The lowest BCUT2D eigenvalue weighted by atomic mass is 10.0. The van der Waals surface area contributed by atoms with Gasteiger partial charge >= 0.3 is 8.80 Å². The zero-order valence-electron chi connectivity index (χ0n) is 10.5. The molecule has 3 heterocycles. The zero-order valence-corrected chi connectivity index (χ0v) is 11.5. The molecule has 0 spiro atoms. The van der Waals surface area contributed by atoms with Gasteiger partial charge in [-0.05, 0) is 12.8 Å². The van der Waals surface area contributed by atoms with Crippen molar-refractivity contribution >= 4 is 8.80 Å². The molecule has 3 aliphatic heterocycles. The number of nitrogens with zero attached hydrogens (tertiary/aromatic N) is 1. The molecule has 4 aliphatic rings. The van der Waals surface area contributed by atoms with E-state index in [1.165, 1.54) is 32.1 Å². The average Bonchev–Trinajstić information content (AvgIpc) is 2.28. The van der Waals surface area contributed by atoms with Gasteiger partial charge in [-0.1, -0.05) is 19.3 Å². The van der Waals surface area contributed by atoms with Gasteiger partial charge in [-0.3, -0.25) is 4.90 Å². The minimum absolute atomic E-state index is 0.570. The molecule has 0 N–H and O–H groups in total. The fourth-order valence-electron chi connectivity index (χ4n) is 3.22. The molecule has 0 aromatic heterocycles. The minimum Gasteiger partial charge on any atom is -0.372 e. The van der Waals surface area contributed by atoms with E-state index in [2.05, 4.69) is 4.90 Å². The summed E-state index contributed by atoms with van der Waals surface area (Å²) in [5, 5.41) is 0. The van der Waals surface area contributed by atoms with Crippen LogP contribution in [0.1, 0.15) is 32.1 Å². The standard InChI is InChI=1S/C12H23NO3Si/c1-2-4-12(5-3-1)17-14-9-6-13(7-10-15-17)8-11-16-17/h12H,1-11H2. The second kappa shape index (κ2) is 5.36. The van der Waals surface area contributed by atoms with Gasteiger partial charge in [0.05, 0.1) is 19.8 Å². The van der Waals surface area contributed by atoms with Gasteiger partial charge in [0.25, 0.3) is 0 Å². The molecule has 17 heavy (non-hydrogen) atoms. The largest absolute Gasteiger partial charge is 0.504 e. The van der Waals surface area contributed by atoms with Gasteiger partial charge < -0.3 is 13.3 Å². The third-order valence-corrected chi connectivity index (χ3v) is 7.63. The Morgan fingerprint density at radius 3 is 1.82 bits per heavy atom. The lowest BCUT2D eigenvalue weighted by Gasteiger charge is -2.42. The van der Waals surface area contributed by atoms with Crippen LogP contribution in [-0.2, 0) is 13.3 Å². The smallest absolute Gasteiger partial charge is 0.372 e. The van der Waals surface area contributed by atoms with Crippen molar-refractivity contribution in [1.82, 2.24) is 4.90 Å². The summed E-state index contributed by atoms with van der Waals surface area (Å²) in [6, 6.07) is 0. The van der Waals surface area contributed by atoms with Gasteiger partial charge in [-0.25, -0.2) is 0 Å². The molecule has 4 nitrogen and oxygen atoms in total. The summed E-state index contributed by atoms with van der Waals surface area (Å²) < 4.78 is 18.4. The summed E-state index contributed by atoms with van der Waals surface area (Å²) in [6.45, 7) is 5.53. The highest BCUT2D eigenvalue weighted by molar-refractivity contribution is 6.62. The number of hydrogen-bond acceptors (Lipinski definition) is 4. The van der Waals surface area contributed by atoms with Crippen LogP contribution in [0.5, 0.6) is 0 Å². The second-order valence-electron chi connectivity index (χ2n) is 5.33. The van der Waals surface area contributed by atoms with Crippen LogP contribution in [0, 0.1) is 0 Å². The molecule has 0 atom stereocenters.